The Hall–Kier alpha value is -2.57. The summed E-state index contributed by atoms with van der Waals surface area (Å²) in [5, 5.41) is 3.25. The van der Waals surface area contributed by atoms with Gasteiger partial charge in [0.25, 0.3) is 5.56 Å². The first-order valence-corrected chi connectivity index (χ1v) is 10.5. The number of hydrogen-bond acceptors (Lipinski definition) is 5. The molecule has 2 aromatic carbocycles. The third kappa shape index (κ3) is 3.91. The van der Waals surface area contributed by atoms with Crippen molar-refractivity contribution in [3.63, 3.8) is 0 Å². The lowest BCUT2D eigenvalue weighted by Gasteiger charge is -2.12. The van der Waals surface area contributed by atoms with Crippen molar-refractivity contribution in [2.24, 2.45) is 0 Å². The van der Waals surface area contributed by atoms with Crippen molar-refractivity contribution in [1.82, 2.24) is 9.55 Å². The van der Waals surface area contributed by atoms with Gasteiger partial charge in [-0.3, -0.25) is 9.36 Å². The number of hydrogen-bond donors (Lipinski definition) is 0. The molecule has 0 saturated carbocycles. The molecule has 0 radical (unpaired) electrons. The highest BCUT2D eigenvalue weighted by Crippen LogP contribution is 2.24. The van der Waals surface area contributed by atoms with Gasteiger partial charge in [0, 0.05) is 5.75 Å². The smallest absolute Gasteiger partial charge is 0.267 e. The fourth-order valence-corrected chi connectivity index (χ4v) is 4.43. The fraction of sp³-hybridized carbons (Fsp3) is 0.143. The second-order valence-electron chi connectivity index (χ2n) is 6.02. The number of fused-ring (bicyclic) bond motifs is 1. The molecule has 2 aromatic heterocycles. The molecule has 0 fully saturated rings. The topological polar surface area (TPSA) is 44.1 Å². The molecule has 6 heteroatoms. The third-order valence-corrected chi connectivity index (χ3v) is 5.76. The lowest BCUT2D eigenvalue weighted by atomic mass is 10.2. The van der Waals surface area contributed by atoms with Gasteiger partial charge in [-0.05, 0) is 48.2 Å². The number of rotatable bonds is 6. The van der Waals surface area contributed by atoms with Crippen molar-refractivity contribution in [2.45, 2.75) is 12.1 Å². The number of para-hydroxylation sites is 1. The summed E-state index contributed by atoms with van der Waals surface area (Å²) in [6.07, 6.45) is 0. The van der Waals surface area contributed by atoms with Crippen molar-refractivity contribution in [1.29, 1.82) is 0 Å². The normalized spacial score (nSPS) is 11.0. The lowest BCUT2D eigenvalue weighted by molar-refractivity contribution is 0.343. The molecule has 4 rings (SSSR count). The number of nitrogens with zero attached hydrogens (tertiary/aromatic N) is 2. The van der Waals surface area contributed by atoms with Crippen LogP contribution in [0.15, 0.2) is 76.0 Å². The van der Waals surface area contributed by atoms with Gasteiger partial charge in [-0.25, -0.2) is 4.98 Å². The second-order valence-corrected chi connectivity index (χ2v) is 7.98. The van der Waals surface area contributed by atoms with Gasteiger partial charge in [0.05, 0.1) is 17.7 Å². The number of ether oxygens (including phenoxy) is 1. The van der Waals surface area contributed by atoms with Crippen LogP contribution >= 0.6 is 23.1 Å². The lowest BCUT2D eigenvalue weighted by Crippen LogP contribution is -2.21. The van der Waals surface area contributed by atoms with Gasteiger partial charge in [0.2, 0.25) is 0 Å². The highest BCUT2D eigenvalue weighted by Gasteiger charge is 2.14. The summed E-state index contributed by atoms with van der Waals surface area (Å²) in [5.41, 5.74) is 1.96. The van der Waals surface area contributed by atoms with E-state index in [2.05, 4.69) is 0 Å². The van der Waals surface area contributed by atoms with Gasteiger partial charge in [0.15, 0.2) is 5.16 Å². The van der Waals surface area contributed by atoms with Gasteiger partial charge >= 0.3 is 0 Å². The number of thiophene rings is 1. The van der Waals surface area contributed by atoms with Crippen LogP contribution in [0.2, 0.25) is 0 Å². The van der Waals surface area contributed by atoms with E-state index in [0.717, 1.165) is 16.3 Å². The second kappa shape index (κ2) is 7.98. The average Bonchev–Trinajstić information content (AvgIpc) is 3.15. The molecule has 4 aromatic rings. The van der Waals surface area contributed by atoms with Crippen molar-refractivity contribution in [3.8, 4) is 11.4 Å². The Balaban J connectivity index is 1.58. The molecule has 0 aliphatic carbocycles. The predicted molar refractivity (Wildman–Crippen MR) is 113 cm³/mol. The Morgan fingerprint density at radius 1 is 1.11 bits per heavy atom. The molecule has 136 valence electrons. The zero-order valence-corrected chi connectivity index (χ0v) is 16.4. The molecular weight excluding hydrogens is 376 g/mol. The van der Waals surface area contributed by atoms with E-state index in [1.807, 2.05) is 73.0 Å². The van der Waals surface area contributed by atoms with Crippen LogP contribution in [0.25, 0.3) is 15.9 Å². The summed E-state index contributed by atoms with van der Waals surface area (Å²) in [7, 11) is 0. The van der Waals surface area contributed by atoms with E-state index in [-0.39, 0.29) is 5.56 Å². The first-order chi connectivity index (χ1) is 13.2. The van der Waals surface area contributed by atoms with Crippen LogP contribution in [0.1, 0.15) is 5.56 Å². The Morgan fingerprint density at radius 3 is 2.78 bits per heavy atom. The molecule has 2 heterocycles. The van der Waals surface area contributed by atoms with E-state index in [1.165, 1.54) is 28.7 Å². The zero-order chi connectivity index (χ0) is 18.6. The van der Waals surface area contributed by atoms with Crippen LogP contribution in [0.5, 0.6) is 5.75 Å². The van der Waals surface area contributed by atoms with Crippen LogP contribution in [-0.4, -0.2) is 21.9 Å². The molecule has 0 aliphatic heterocycles. The highest BCUT2D eigenvalue weighted by atomic mass is 32.2. The summed E-state index contributed by atoms with van der Waals surface area (Å²) < 4.78 is 7.51. The standard InChI is InChI=1S/C21H18N2O2S2/c1-15-6-5-9-17(14-15)25-11-13-27-21-22-19-18(10-12-26-19)20(24)23(21)16-7-3-2-4-8-16/h2-10,12,14H,11,13H2,1H3. The first-order valence-electron chi connectivity index (χ1n) is 8.60. The maximum atomic E-state index is 13.0. The molecule has 0 aliphatic rings. The van der Waals surface area contributed by atoms with E-state index >= 15 is 0 Å². The molecule has 0 bridgehead atoms. The Bertz CT molecular complexity index is 1120. The van der Waals surface area contributed by atoms with Crippen molar-refractivity contribution in [3.05, 3.63) is 82.0 Å². The number of aromatic nitrogens is 2. The van der Waals surface area contributed by atoms with Crippen LogP contribution in [-0.2, 0) is 0 Å². The SMILES string of the molecule is Cc1cccc(OCCSc2nc3sccc3c(=O)n2-c2ccccc2)c1. The summed E-state index contributed by atoms with van der Waals surface area (Å²) in [5.74, 6) is 1.56. The molecule has 4 nitrogen and oxygen atoms in total. The predicted octanol–water partition coefficient (Wildman–Crippen LogP) is 4.93. The molecule has 0 unspecified atom stereocenters. The molecule has 0 atom stereocenters. The molecule has 0 saturated heterocycles. The maximum absolute atomic E-state index is 13.0. The van der Waals surface area contributed by atoms with Crippen molar-refractivity contribution < 1.29 is 4.74 Å². The summed E-state index contributed by atoms with van der Waals surface area (Å²) in [6, 6.07) is 19.5. The van der Waals surface area contributed by atoms with Crippen LogP contribution in [0, 0.1) is 6.92 Å². The van der Waals surface area contributed by atoms with Gasteiger partial charge < -0.3 is 4.74 Å². The Kier molecular flexibility index (Phi) is 5.27. The molecular formula is C21H18N2O2S2. The van der Waals surface area contributed by atoms with E-state index in [0.29, 0.717) is 22.9 Å². The van der Waals surface area contributed by atoms with E-state index < -0.39 is 0 Å². The summed E-state index contributed by atoms with van der Waals surface area (Å²) in [6.45, 7) is 2.58. The van der Waals surface area contributed by atoms with Crippen molar-refractivity contribution >= 4 is 33.3 Å². The molecule has 0 spiro atoms. The summed E-state index contributed by atoms with van der Waals surface area (Å²) in [4.78, 5) is 18.5. The minimum atomic E-state index is -0.0328. The molecule has 0 amide bonds. The fourth-order valence-electron chi connectivity index (χ4n) is 2.79. The zero-order valence-electron chi connectivity index (χ0n) is 14.8. The minimum Gasteiger partial charge on any atom is -0.493 e. The first kappa shape index (κ1) is 17.8. The van der Waals surface area contributed by atoms with E-state index in [4.69, 9.17) is 9.72 Å². The number of benzene rings is 2. The largest absolute Gasteiger partial charge is 0.493 e. The Morgan fingerprint density at radius 2 is 1.96 bits per heavy atom. The van der Waals surface area contributed by atoms with Gasteiger partial charge in [-0.1, -0.05) is 42.1 Å². The van der Waals surface area contributed by atoms with E-state index in [9.17, 15) is 4.79 Å². The molecule has 0 N–H and O–H groups in total. The van der Waals surface area contributed by atoms with Gasteiger partial charge in [0.1, 0.15) is 10.6 Å². The highest BCUT2D eigenvalue weighted by molar-refractivity contribution is 7.99. The van der Waals surface area contributed by atoms with Gasteiger partial charge in [-0.2, -0.15) is 0 Å². The van der Waals surface area contributed by atoms with Crippen LogP contribution in [0.4, 0.5) is 0 Å². The number of thioether (sulfide) groups is 1. The Labute approximate surface area is 165 Å². The van der Waals surface area contributed by atoms with E-state index in [1.54, 1.807) is 4.57 Å². The minimum absolute atomic E-state index is 0.0328. The molecule has 27 heavy (non-hydrogen) atoms. The van der Waals surface area contributed by atoms with Crippen LogP contribution in [0.3, 0.4) is 0 Å². The quantitative estimate of drug-likeness (QED) is 0.264. The van der Waals surface area contributed by atoms with Crippen LogP contribution < -0.4 is 10.3 Å². The average molecular weight is 395 g/mol. The third-order valence-electron chi connectivity index (χ3n) is 4.05. The van der Waals surface area contributed by atoms with Gasteiger partial charge in [-0.15, -0.1) is 11.3 Å². The maximum Gasteiger partial charge on any atom is 0.267 e. The van der Waals surface area contributed by atoms with Crippen molar-refractivity contribution in [2.75, 3.05) is 12.4 Å². The summed E-state index contributed by atoms with van der Waals surface area (Å²) >= 11 is 3.02. The number of aryl methyl sites for hydroxylation is 1. The monoisotopic (exact) mass is 394 g/mol.